The minimum absolute atomic E-state index is 1.03. The first-order valence-corrected chi connectivity index (χ1v) is 5.85. The number of benzene rings is 2. The monoisotopic (exact) mass is 235 g/mol. The second-order valence-corrected chi connectivity index (χ2v) is 3.91. The molecule has 3 rings (SSSR count). The van der Waals surface area contributed by atoms with Gasteiger partial charge in [0.2, 0.25) is 0 Å². The second kappa shape index (κ2) is 4.75. The lowest BCUT2D eigenvalue weighted by molar-refractivity contribution is 0.858. The number of rotatable bonds is 2. The average molecular weight is 235 g/mol. The van der Waals surface area contributed by atoms with Crippen molar-refractivity contribution in [3.63, 3.8) is 0 Å². The van der Waals surface area contributed by atoms with Gasteiger partial charge in [0.15, 0.2) is 0 Å². The third-order valence-electron chi connectivity index (χ3n) is 2.70. The molecule has 0 saturated carbocycles. The van der Waals surface area contributed by atoms with E-state index in [1.807, 2.05) is 70.9 Å². The summed E-state index contributed by atoms with van der Waals surface area (Å²) < 4.78 is 0. The van der Waals surface area contributed by atoms with Crippen molar-refractivity contribution in [2.24, 2.45) is 5.10 Å². The van der Waals surface area contributed by atoms with Crippen molar-refractivity contribution in [3.05, 3.63) is 72.9 Å². The second-order valence-electron chi connectivity index (χ2n) is 3.91. The zero-order chi connectivity index (χ0) is 12.2. The molecule has 0 spiro atoms. The molecule has 2 aromatic rings. The Bertz CT molecular complexity index is 507. The zero-order valence-corrected chi connectivity index (χ0v) is 9.85. The molecule has 0 amide bonds. The molecule has 88 valence electrons. The molecule has 18 heavy (non-hydrogen) atoms. The summed E-state index contributed by atoms with van der Waals surface area (Å²) in [6.45, 7) is 0. The van der Waals surface area contributed by atoms with Crippen LogP contribution in [-0.4, -0.2) is 6.21 Å². The highest BCUT2D eigenvalue weighted by Gasteiger charge is 2.15. The summed E-state index contributed by atoms with van der Waals surface area (Å²) in [6.07, 6.45) is 5.70. The number of hydrazone groups is 1. The number of hydrogen-bond donors (Lipinski definition) is 0. The highest BCUT2D eigenvalue weighted by Crippen LogP contribution is 2.24. The Morgan fingerprint density at radius 1 is 0.722 bits per heavy atom. The molecule has 0 aromatic heterocycles. The Kier molecular flexibility index (Phi) is 2.80. The summed E-state index contributed by atoms with van der Waals surface area (Å²) in [5.41, 5.74) is 2.11. The minimum Gasteiger partial charge on any atom is -0.240 e. The maximum Gasteiger partial charge on any atom is 0.0840 e. The summed E-state index contributed by atoms with van der Waals surface area (Å²) in [6, 6.07) is 20.2. The Morgan fingerprint density at radius 3 is 2.00 bits per heavy atom. The lowest BCUT2D eigenvalue weighted by atomic mass is 10.3. The fourth-order valence-electron chi connectivity index (χ4n) is 1.87. The Hall–Kier alpha value is -2.55. The van der Waals surface area contributed by atoms with Gasteiger partial charge >= 0.3 is 0 Å². The first-order valence-electron chi connectivity index (χ1n) is 5.85. The van der Waals surface area contributed by atoms with Crippen LogP contribution in [0.5, 0.6) is 0 Å². The van der Waals surface area contributed by atoms with Crippen molar-refractivity contribution in [3.8, 4) is 0 Å². The Balaban J connectivity index is 1.98. The van der Waals surface area contributed by atoms with Crippen LogP contribution in [0.15, 0.2) is 78.0 Å². The molecule has 1 heterocycles. The van der Waals surface area contributed by atoms with Crippen LogP contribution in [0.3, 0.4) is 0 Å². The van der Waals surface area contributed by atoms with E-state index in [1.54, 1.807) is 6.21 Å². The maximum atomic E-state index is 4.40. The normalized spacial score (nSPS) is 14.0. The third kappa shape index (κ3) is 1.98. The van der Waals surface area contributed by atoms with Gasteiger partial charge in [0, 0.05) is 6.20 Å². The van der Waals surface area contributed by atoms with Crippen LogP contribution < -0.4 is 10.1 Å². The lowest BCUT2D eigenvalue weighted by Crippen LogP contribution is -2.36. The highest BCUT2D eigenvalue weighted by atomic mass is 15.8. The predicted molar refractivity (Wildman–Crippen MR) is 75.5 cm³/mol. The van der Waals surface area contributed by atoms with Crippen LogP contribution in [0, 0.1) is 0 Å². The molecule has 0 N–H and O–H groups in total. The minimum atomic E-state index is 1.03. The van der Waals surface area contributed by atoms with Crippen molar-refractivity contribution < 1.29 is 0 Å². The number of hydrogen-bond acceptors (Lipinski definition) is 3. The van der Waals surface area contributed by atoms with Gasteiger partial charge in [-0.3, -0.25) is 0 Å². The van der Waals surface area contributed by atoms with Gasteiger partial charge in [-0.1, -0.05) is 36.4 Å². The molecule has 0 bridgehead atoms. The van der Waals surface area contributed by atoms with Gasteiger partial charge in [-0.2, -0.15) is 10.2 Å². The van der Waals surface area contributed by atoms with Crippen molar-refractivity contribution >= 4 is 17.6 Å². The number of anilines is 2. The van der Waals surface area contributed by atoms with E-state index >= 15 is 0 Å². The van der Waals surface area contributed by atoms with Gasteiger partial charge in [0.05, 0.1) is 17.6 Å². The quantitative estimate of drug-likeness (QED) is 0.794. The van der Waals surface area contributed by atoms with E-state index in [4.69, 9.17) is 0 Å². The van der Waals surface area contributed by atoms with Crippen LogP contribution in [0.4, 0.5) is 11.4 Å². The zero-order valence-electron chi connectivity index (χ0n) is 9.85. The molecule has 1 aliphatic heterocycles. The summed E-state index contributed by atoms with van der Waals surface area (Å²) in [7, 11) is 0. The van der Waals surface area contributed by atoms with Crippen LogP contribution in [0.25, 0.3) is 0 Å². The summed E-state index contributed by atoms with van der Waals surface area (Å²) in [5, 5.41) is 8.28. The summed E-state index contributed by atoms with van der Waals surface area (Å²) in [5.74, 6) is 0. The van der Waals surface area contributed by atoms with Gasteiger partial charge in [-0.25, -0.2) is 5.01 Å². The molecule has 0 saturated heterocycles. The number of allylic oxidation sites excluding steroid dienone is 1. The third-order valence-corrected chi connectivity index (χ3v) is 2.70. The predicted octanol–water partition coefficient (Wildman–Crippen LogP) is 3.43. The lowest BCUT2D eigenvalue weighted by Gasteiger charge is -2.32. The molecule has 0 unspecified atom stereocenters. The Labute approximate surface area is 106 Å². The molecule has 2 aromatic carbocycles. The van der Waals surface area contributed by atoms with Crippen molar-refractivity contribution in [1.82, 2.24) is 0 Å². The van der Waals surface area contributed by atoms with Crippen molar-refractivity contribution in [1.29, 1.82) is 0 Å². The standard InChI is InChI=1S/C15H13N3/c1-3-8-14(9-4-1)17-13-7-12-16-18(17)15-10-5-2-6-11-15/h1-13H. The molecule has 0 radical (unpaired) electrons. The molecular formula is C15H13N3. The van der Waals surface area contributed by atoms with E-state index in [2.05, 4.69) is 17.2 Å². The number of para-hydroxylation sites is 2. The van der Waals surface area contributed by atoms with E-state index in [-0.39, 0.29) is 0 Å². The molecule has 1 aliphatic rings. The van der Waals surface area contributed by atoms with E-state index in [0.717, 1.165) is 11.4 Å². The SMILES string of the molecule is C1=CN(c2ccccc2)N(c2ccccc2)N=C1. The summed E-state index contributed by atoms with van der Waals surface area (Å²) in [4.78, 5) is 0. The van der Waals surface area contributed by atoms with Crippen molar-refractivity contribution in [2.75, 3.05) is 10.1 Å². The average Bonchev–Trinajstić information content (AvgIpc) is 2.49. The van der Waals surface area contributed by atoms with Crippen LogP contribution >= 0.6 is 0 Å². The van der Waals surface area contributed by atoms with Gasteiger partial charge < -0.3 is 0 Å². The molecule has 0 atom stereocenters. The van der Waals surface area contributed by atoms with Crippen LogP contribution in [0.2, 0.25) is 0 Å². The van der Waals surface area contributed by atoms with E-state index < -0.39 is 0 Å². The fraction of sp³-hybridized carbons (Fsp3) is 0. The highest BCUT2D eigenvalue weighted by molar-refractivity contribution is 5.77. The van der Waals surface area contributed by atoms with Crippen LogP contribution in [0.1, 0.15) is 0 Å². The van der Waals surface area contributed by atoms with E-state index in [9.17, 15) is 0 Å². The first-order chi connectivity index (χ1) is 8.95. The van der Waals surface area contributed by atoms with Gasteiger partial charge in [0.25, 0.3) is 0 Å². The number of hydrazine groups is 1. The maximum absolute atomic E-state index is 4.40. The molecule has 3 heteroatoms. The van der Waals surface area contributed by atoms with Crippen LogP contribution in [-0.2, 0) is 0 Å². The Morgan fingerprint density at radius 2 is 1.33 bits per heavy atom. The number of nitrogens with zero attached hydrogens (tertiary/aromatic N) is 3. The smallest absolute Gasteiger partial charge is 0.0840 e. The first kappa shape index (κ1) is 10.6. The van der Waals surface area contributed by atoms with Gasteiger partial charge in [-0.15, -0.1) is 0 Å². The van der Waals surface area contributed by atoms with Crippen molar-refractivity contribution in [2.45, 2.75) is 0 Å². The molecule has 0 aliphatic carbocycles. The van der Waals surface area contributed by atoms with E-state index in [0.29, 0.717) is 0 Å². The van der Waals surface area contributed by atoms with Gasteiger partial charge in [0.1, 0.15) is 0 Å². The van der Waals surface area contributed by atoms with Gasteiger partial charge in [-0.05, 0) is 30.3 Å². The topological polar surface area (TPSA) is 18.8 Å². The molecule has 3 nitrogen and oxygen atoms in total. The largest absolute Gasteiger partial charge is 0.240 e. The fourth-order valence-corrected chi connectivity index (χ4v) is 1.87. The summed E-state index contributed by atoms with van der Waals surface area (Å²) >= 11 is 0. The molecular weight excluding hydrogens is 222 g/mol. The molecule has 0 fully saturated rings. The van der Waals surface area contributed by atoms with E-state index in [1.165, 1.54) is 0 Å².